The van der Waals surface area contributed by atoms with E-state index >= 15 is 0 Å². The molecule has 1 rings (SSSR count). The average molecular weight is 326 g/mol. The topological polar surface area (TPSA) is 81.5 Å². The summed E-state index contributed by atoms with van der Waals surface area (Å²) in [7, 11) is 0. The number of phenols is 1. The monoisotopic (exact) mass is 324 g/mol. The van der Waals surface area contributed by atoms with E-state index in [1.54, 1.807) is 12.1 Å². The molecule has 17 heavy (non-hydrogen) atoms. The van der Waals surface area contributed by atoms with Crippen LogP contribution in [0.4, 0.5) is 0 Å². The molecule has 5 N–H and O–H groups in total. The molecule has 0 heterocycles. The lowest BCUT2D eigenvalue weighted by Gasteiger charge is -2.14. The first kappa shape index (κ1) is 16.5. The lowest BCUT2D eigenvalue weighted by atomic mass is 10.0. The summed E-state index contributed by atoms with van der Waals surface area (Å²) in [5, 5.41) is 9.73. The minimum atomic E-state index is -0.138. The molecule has 1 aromatic rings. The van der Waals surface area contributed by atoms with E-state index in [1.165, 1.54) is 0 Å². The number of aromatic hydroxyl groups is 1. The van der Waals surface area contributed by atoms with E-state index in [2.05, 4.69) is 15.9 Å². The summed E-state index contributed by atoms with van der Waals surface area (Å²) in [6.07, 6.45) is 0.697. The molecule has 0 aliphatic heterocycles. The van der Waals surface area contributed by atoms with Gasteiger partial charge in [0.2, 0.25) is 0 Å². The van der Waals surface area contributed by atoms with Gasteiger partial charge in [-0.25, -0.2) is 0 Å². The van der Waals surface area contributed by atoms with Gasteiger partial charge in [-0.15, -0.1) is 12.4 Å². The van der Waals surface area contributed by atoms with E-state index < -0.39 is 0 Å². The Morgan fingerprint density at radius 1 is 1.47 bits per heavy atom. The predicted molar refractivity (Wildman–Crippen MR) is 74.8 cm³/mol. The van der Waals surface area contributed by atoms with Crippen molar-refractivity contribution in [3.63, 3.8) is 0 Å². The average Bonchev–Trinajstić information content (AvgIpc) is 2.25. The van der Waals surface area contributed by atoms with Crippen LogP contribution in [-0.4, -0.2) is 18.3 Å². The summed E-state index contributed by atoms with van der Waals surface area (Å²) in [4.78, 5) is 0. The van der Waals surface area contributed by atoms with Gasteiger partial charge in [0.05, 0.1) is 11.1 Å². The van der Waals surface area contributed by atoms with Crippen molar-refractivity contribution in [2.75, 3.05) is 13.2 Å². The molecule has 6 heteroatoms. The number of hydrogen-bond donors (Lipinski definition) is 3. The van der Waals surface area contributed by atoms with Crippen LogP contribution < -0.4 is 16.2 Å². The van der Waals surface area contributed by atoms with Crippen molar-refractivity contribution in [1.82, 2.24) is 0 Å². The Morgan fingerprint density at radius 2 is 2.12 bits per heavy atom. The molecule has 0 aliphatic carbocycles. The molecule has 0 saturated heterocycles. The van der Waals surface area contributed by atoms with Crippen LogP contribution in [0.3, 0.4) is 0 Å². The first-order chi connectivity index (χ1) is 7.60. The quantitative estimate of drug-likeness (QED) is 0.776. The number of ether oxygens (including phenoxy) is 1. The Hall–Kier alpha value is -0.490. The number of hydrogen-bond acceptors (Lipinski definition) is 4. The molecule has 0 amide bonds. The standard InChI is InChI=1S/C11H17BrN2O2.ClH/c1-2-16-10-6-7(9(14)3-4-13)5-8(12)11(10)15;/h5-6,9,15H,2-4,13-14H2,1H3;1H/t9-;/m0./s1. The molecule has 0 aliphatic rings. The number of phenolic OH excluding ortho intramolecular Hbond substituents is 1. The molecule has 4 nitrogen and oxygen atoms in total. The highest BCUT2D eigenvalue weighted by atomic mass is 79.9. The van der Waals surface area contributed by atoms with Crippen molar-refractivity contribution in [2.45, 2.75) is 19.4 Å². The summed E-state index contributed by atoms with van der Waals surface area (Å²) < 4.78 is 5.90. The van der Waals surface area contributed by atoms with Gasteiger partial charge in [-0.05, 0) is 53.5 Å². The molecule has 1 atom stereocenters. The molecule has 98 valence electrons. The fraction of sp³-hybridized carbons (Fsp3) is 0.455. The normalized spacial score (nSPS) is 11.8. The zero-order valence-corrected chi connectivity index (χ0v) is 12.1. The SMILES string of the molecule is CCOc1cc([C@@H](N)CCN)cc(Br)c1O.Cl. The summed E-state index contributed by atoms with van der Waals surface area (Å²) >= 11 is 3.27. The maximum Gasteiger partial charge on any atom is 0.172 e. The fourth-order valence-electron chi connectivity index (χ4n) is 1.42. The second kappa shape index (κ2) is 7.76. The summed E-state index contributed by atoms with van der Waals surface area (Å²) in [5.41, 5.74) is 12.3. The molecular weight excluding hydrogens is 307 g/mol. The van der Waals surface area contributed by atoms with Gasteiger partial charge in [0.15, 0.2) is 11.5 Å². The smallest absolute Gasteiger partial charge is 0.172 e. The van der Waals surface area contributed by atoms with Gasteiger partial charge in [-0.2, -0.15) is 0 Å². The van der Waals surface area contributed by atoms with Gasteiger partial charge in [-0.1, -0.05) is 0 Å². The van der Waals surface area contributed by atoms with Gasteiger partial charge < -0.3 is 21.3 Å². The molecule has 1 aromatic carbocycles. The van der Waals surface area contributed by atoms with Crippen LogP contribution >= 0.6 is 28.3 Å². The maximum atomic E-state index is 9.73. The van der Waals surface area contributed by atoms with Crippen LogP contribution in [0.1, 0.15) is 24.9 Å². The predicted octanol–water partition coefficient (Wildman–Crippen LogP) is 2.32. The number of benzene rings is 1. The van der Waals surface area contributed by atoms with Gasteiger partial charge in [0.25, 0.3) is 0 Å². The fourth-order valence-corrected chi connectivity index (χ4v) is 1.88. The van der Waals surface area contributed by atoms with Crippen molar-refractivity contribution in [3.05, 3.63) is 22.2 Å². The molecule has 0 unspecified atom stereocenters. The lowest BCUT2D eigenvalue weighted by molar-refractivity contribution is 0.316. The van der Waals surface area contributed by atoms with Crippen molar-refractivity contribution in [1.29, 1.82) is 0 Å². The molecule has 0 radical (unpaired) electrons. The largest absolute Gasteiger partial charge is 0.503 e. The third-order valence-corrected chi connectivity index (χ3v) is 2.86. The Kier molecular flexibility index (Phi) is 7.54. The van der Waals surface area contributed by atoms with E-state index in [9.17, 15) is 5.11 Å². The maximum absolute atomic E-state index is 9.73. The van der Waals surface area contributed by atoms with Crippen LogP contribution in [0.25, 0.3) is 0 Å². The Balaban J connectivity index is 0.00000256. The molecular formula is C11H18BrClN2O2. The molecule has 0 spiro atoms. The number of halogens is 2. The summed E-state index contributed by atoms with van der Waals surface area (Å²) in [5.74, 6) is 0.546. The van der Waals surface area contributed by atoms with E-state index in [0.717, 1.165) is 5.56 Å². The van der Waals surface area contributed by atoms with Crippen LogP contribution in [-0.2, 0) is 0 Å². The van der Waals surface area contributed by atoms with Crippen LogP contribution in [0.2, 0.25) is 0 Å². The van der Waals surface area contributed by atoms with Crippen molar-refractivity contribution < 1.29 is 9.84 Å². The highest BCUT2D eigenvalue weighted by Crippen LogP contribution is 2.37. The third-order valence-electron chi connectivity index (χ3n) is 2.26. The van der Waals surface area contributed by atoms with E-state index in [4.69, 9.17) is 16.2 Å². The Bertz CT molecular complexity index is 364. The Morgan fingerprint density at radius 3 is 2.65 bits per heavy atom. The minimum absolute atomic E-state index is 0. The second-order valence-corrected chi connectivity index (χ2v) is 4.32. The zero-order valence-electron chi connectivity index (χ0n) is 9.65. The van der Waals surface area contributed by atoms with Crippen LogP contribution in [0.5, 0.6) is 11.5 Å². The van der Waals surface area contributed by atoms with Crippen molar-refractivity contribution >= 4 is 28.3 Å². The van der Waals surface area contributed by atoms with Gasteiger partial charge >= 0.3 is 0 Å². The van der Waals surface area contributed by atoms with E-state index in [0.29, 0.717) is 29.8 Å². The van der Waals surface area contributed by atoms with Gasteiger partial charge in [0.1, 0.15) is 0 Å². The minimum Gasteiger partial charge on any atom is -0.503 e. The summed E-state index contributed by atoms with van der Waals surface area (Å²) in [6, 6.07) is 3.41. The van der Waals surface area contributed by atoms with Gasteiger partial charge in [0, 0.05) is 6.04 Å². The first-order valence-corrected chi connectivity index (χ1v) is 6.00. The molecule has 0 aromatic heterocycles. The number of rotatable bonds is 5. The van der Waals surface area contributed by atoms with Gasteiger partial charge in [-0.3, -0.25) is 0 Å². The Labute approximate surface area is 116 Å². The van der Waals surface area contributed by atoms with Crippen LogP contribution in [0.15, 0.2) is 16.6 Å². The summed E-state index contributed by atoms with van der Waals surface area (Å²) in [6.45, 7) is 2.89. The van der Waals surface area contributed by atoms with E-state index in [1.807, 2.05) is 6.92 Å². The first-order valence-electron chi connectivity index (χ1n) is 5.21. The van der Waals surface area contributed by atoms with Crippen molar-refractivity contribution in [3.8, 4) is 11.5 Å². The third kappa shape index (κ3) is 4.35. The van der Waals surface area contributed by atoms with E-state index in [-0.39, 0.29) is 24.2 Å². The zero-order chi connectivity index (χ0) is 12.1. The molecule has 0 fully saturated rings. The highest BCUT2D eigenvalue weighted by Gasteiger charge is 2.13. The number of nitrogens with two attached hydrogens (primary N) is 2. The molecule has 0 saturated carbocycles. The second-order valence-electron chi connectivity index (χ2n) is 3.47. The molecule has 0 bridgehead atoms. The highest BCUT2D eigenvalue weighted by molar-refractivity contribution is 9.10. The lowest BCUT2D eigenvalue weighted by Crippen LogP contribution is -2.15. The van der Waals surface area contributed by atoms with Crippen LogP contribution in [0, 0.1) is 0 Å². The van der Waals surface area contributed by atoms with Crippen molar-refractivity contribution in [2.24, 2.45) is 11.5 Å².